The Labute approximate surface area is 254 Å². The molecule has 0 spiro atoms. The molecule has 228 valence electrons. The largest absolute Gasteiger partial charge is 0.444 e. The fourth-order valence-electron chi connectivity index (χ4n) is 5.07. The van der Waals surface area contributed by atoms with Crippen LogP contribution in [0.15, 0.2) is 40.5 Å². The Hall–Kier alpha value is -3.89. The lowest BCUT2D eigenvalue weighted by atomic mass is 10.1. The monoisotopic (exact) mass is 609 g/mol. The van der Waals surface area contributed by atoms with Crippen molar-refractivity contribution in [2.24, 2.45) is 12.0 Å². The Balaban J connectivity index is 1.40. The lowest BCUT2D eigenvalue weighted by Gasteiger charge is -2.37. The van der Waals surface area contributed by atoms with E-state index in [1.165, 1.54) is 34.1 Å². The molecule has 1 atom stereocenters. The van der Waals surface area contributed by atoms with Gasteiger partial charge in [0.1, 0.15) is 17.2 Å². The Morgan fingerprint density at radius 3 is 2.60 bits per heavy atom. The molecule has 12 nitrogen and oxygen atoms in total. The van der Waals surface area contributed by atoms with Gasteiger partial charge in [0.15, 0.2) is 0 Å². The number of carbonyl (C=O) groups excluding carboxylic acids is 2. The lowest BCUT2D eigenvalue weighted by Crippen LogP contribution is -2.52. The summed E-state index contributed by atoms with van der Waals surface area (Å²) in [4.78, 5) is 35.6. The van der Waals surface area contributed by atoms with E-state index in [4.69, 9.17) is 7.48 Å². The smallest absolute Gasteiger partial charge is 0.411 e. The van der Waals surface area contributed by atoms with Crippen LogP contribution in [0.25, 0.3) is 0 Å². The van der Waals surface area contributed by atoms with Gasteiger partial charge in [-0.25, -0.2) is 22.9 Å². The third-order valence-electron chi connectivity index (χ3n) is 7.94. The first kappa shape index (κ1) is 26.7. The molecule has 43 heavy (non-hydrogen) atoms. The van der Waals surface area contributed by atoms with Crippen LogP contribution < -0.4 is 9.62 Å². The average molecular weight is 610 g/mol. The van der Waals surface area contributed by atoms with Crippen LogP contribution in [0.3, 0.4) is 0 Å². The molecule has 2 aliphatic heterocycles. The van der Waals surface area contributed by atoms with Crippen molar-refractivity contribution in [3.8, 4) is 11.8 Å². The number of fused-ring (bicyclic) bond motifs is 3. The minimum absolute atomic E-state index is 0.00579. The highest BCUT2D eigenvalue weighted by Crippen LogP contribution is 2.42. The summed E-state index contributed by atoms with van der Waals surface area (Å²) in [6, 6.07) is 3.65. The van der Waals surface area contributed by atoms with Crippen molar-refractivity contribution in [3.05, 3.63) is 41.7 Å². The summed E-state index contributed by atoms with van der Waals surface area (Å²) in [7, 11) is -0.656. The number of aliphatic imine (C=N–C) groups is 1. The number of guanidine groups is 1. The van der Waals surface area contributed by atoms with E-state index in [0.29, 0.717) is 31.4 Å². The van der Waals surface area contributed by atoms with E-state index in [1.54, 1.807) is 45.8 Å². The number of amides is 2. The molecule has 1 aromatic carbocycles. The van der Waals surface area contributed by atoms with E-state index in [2.05, 4.69) is 26.7 Å². The van der Waals surface area contributed by atoms with E-state index < -0.39 is 51.2 Å². The Bertz CT molecular complexity index is 1800. The second-order valence-electron chi connectivity index (χ2n) is 12.9. The molecule has 3 heterocycles. The normalized spacial score (nSPS) is 22.3. The number of nitrogens with one attached hydrogen (secondary N) is 1. The van der Waals surface area contributed by atoms with Crippen molar-refractivity contribution in [1.82, 2.24) is 24.3 Å². The second-order valence-corrected chi connectivity index (χ2v) is 14.5. The van der Waals surface area contributed by atoms with Crippen LogP contribution >= 0.6 is 0 Å². The number of hydrogen-bond acceptors (Lipinski definition) is 8. The third kappa shape index (κ3) is 5.61. The first-order valence-corrected chi connectivity index (χ1v) is 15.7. The van der Waals surface area contributed by atoms with Crippen LogP contribution in [0.4, 0.5) is 10.5 Å². The van der Waals surface area contributed by atoms with E-state index in [9.17, 15) is 18.0 Å². The van der Waals surface area contributed by atoms with Gasteiger partial charge < -0.3 is 4.74 Å². The summed E-state index contributed by atoms with van der Waals surface area (Å²) in [5.41, 5.74) is -1.40. The number of aromatic nitrogens is 2. The van der Waals surface area contributed by atoms with Gasteiger partial charge in [-0.1, -0.05) is 11.8 Å². The van der Waals surface area contributed by atoms with Gasteiger partial charge in [-0.15, -0.1) is 0 Å². The number of benzene rings is 1. The molecule has 1 unspecified atom stereocenters. The highest BCUT2D eigenvalue weighted by atomic mass is 32.2. The molecule has 2 aliphatic carbocycles. The van der Waals surface area contributed by atoms with Crippen LogP contribution in [0.1, 0.15) is 72.0 Å². The molecule has 4 aliphatic rings. The zero-order valence-electron chi connectivity index (χ0n) is 27.1. The summed E-state index contributed by atoms with van der Waals surface area (Å²) < 4.78 is 54.3. The minimum atomic E-state index is -3.96. The summed E-state index contributed by atoms with van der Waals surface area (Å²) in [6.45, 7) is 4.95. The van der Waals surface area contributed by atoms with E-state index in [1.807, 2.05) is 6.92 Å². The van der Waals surface area contributed by atoms with Crippen LogP contribution in [0.5, 0.6) is 0 Å². The number of ether oxygens (including phenoxy) is 1. The molecular formula is C30H37N7O5S. The molecule has 1 aromatic heterocycles. The summed E-state index contributed by atoms with van der Waals surface area (Å²) in [5.74, 6) is 5.82. The average Bonchev–Trinajstić information content (AvgIpc) is 3.78. The van der Waals surface area contributed by atoms with Crippen molar-refractivity contribution < 1.29 is 25.5 Å². The maximum Gasteiger partial charge on any atom is 0.411 e. The van der Waals surface area contributed by atoms with Gasteiger partial charge in [-0.05, 0) is 71.6 Å². The van der Waals surface area contributed by atoms with Crippen LogP contribution in [0, 0.1) is 11.8 Å². The van der Waals surface area contributed by atoms with Gasteiger partial charge in [0.2, 0.25) is 16.0 Å². The quantitative estimate of drug-likeness (QED) is 0.499. The van der Waals surface area contributed by atoms with Crippen LogP contribution in [-0.2, 0) is 28.3 Å². The predicted molar refractivity (Wildman–Crippen MR) is 160 cm³/mol. The third-order valence-corrected chi connectivity index (χ3v) is 9.57. The van der Waals surface area contributed by atoms with E-state index >= 15 is 0 Å². The van der Waals surface area contributed by atoms with Crippen molar-refractivity contribution in [2.75, 3.05) is 18.5 Å². The molecule has 2 saturated carbocycles. The Morgan fingerprint density at radius 2 is 2.00 bits per heavy atom. The Kier molecular flexibility index (Phi) is 6.10. The van der Waals surface area contributed by atoms with Crippen molar-refractivity contribution in [2.45, 2.75) is 87.5 Å². The van der Waals surface area contributed by atoms with Gasteiger partial charge in [-0.3, -0.25) is 24.2 Å². The number of carbonyl (C=O) groups is 2. The molecule has 0 saturated heterocycles. The highest BCUT2D eigenvalue weighted by molar-refractivity contribution is 7.89. The number of anilines is 1. The molecule has 0 bridgehead atoms. The van der Waals surface area contributed by atoms with Crippen LogP contribution in [-0.4, -0.2) is 82.3 Å². The molecule has 1 N–H and O–H groups in total. The first-order valence-electron chi connectivity index (χ1n) is 15.2. The zero-order chi connectivity index (χ0) is 32.7. The maximum atomic E-state index is 14.1. The summed E-state index contributed by atoms with van der Waals surface area (Å²) in [5, 5.41) is 4.08. The SMILES string of the molecule is [2H]C([2H])(c1cnn(C)c1)N1C(=O)c2cc(S(=O)(=O)NC3(C)CC3)ccc2N2C1=NCC2C#CC1(N(C)C(=O)OC(C)(C)C)CC1. The van der Waals surface area contributed by atoms with Gasteiger partial charge >= 0.3 is 6.09 Å². The standard InChI is InChI=1S/C30H37N7O5S/c1-28(2,3)42-27(39)35(6)30(13-14-30)10-9-21-17-31-26-36(19-20-16-32-34(5)18-20)25(38)23-15-22(7-8-24(23)37(21)26)43(40,41)33-29(4)11-12-29/h7-8,15-16,18,21,33H,11-14,17,19H2,1-6H3/i19D2. The molecule has 6 rings (SSSR count). The number of nitrogens with zero attached hydrogens (tertiary/aromatic N) is 6. The van der Waals surface area contributed by atoms with Gasteiger partial charge in [0, 0.05) is 31.4 Å². The molecule has 0 radical (unpaired) electrons. The summed E-state index contributed by atoms with van der Waals surface area (Å²) >= 11 is 0. The predicted octanol–water partition coefficient (Wildman–Crippen LogP) is 2.85. The fraction of sp³-hybridized carbons (Fsp3) is 0.533. The van der Waals surface area contributed by atoms with E-state index in [0.717, 1.165) is 4.90 Å². The topological polar surface area (TPSA) is 129 Å². The lowest BCUT2D eigenvalue weighted by molar-refractivity contribution is 0.0242. The maximum absolute atomic E-state index is 14.1. The molecule has 13 heteroatoms. The van der Waals surface area contributed by atoms with Crippen molar-refractivity contribution in [3.63, 3.8) is 0 Å². The van der Waals surface area contributed by atoms with Crippen molar-refractivity contribution >= 4 is 33.7 Å². The molecule has 2 amide bonds. The molecular weight excluding hydrogens is 570 g/mol. The first-order chi connectivity index (χ1) is 20.9. The molecule has 2 aromatic rings. The van der Waals surface area contributed by atoms with E-state index in [-0.39, 0.29) is 28.5 Å². The molecule has 2 fully saturated rings. The van der Waals surface area contributed by atoms with Gasteiger partial charge in [-0.2, -0.15) is 5.10 Å². The second kappa shape index (κ2) is 9.82. The minimum Gasteiger partial charge on any atom is -0.444 e. The Morgan fingerprint density at radius 1 is 1.28 bits per heavy atom. The van der Waals surface area contributed by atoms with Crippen molar-refractivity contribution in [1.29, 1.82) is 0 Å². The van der Waals surface area contributed by atoms with Crippen LogP contribution in [0.2, 0.25) is 0 Å². The zero-order valence-corrected chi connectivity index (χ0v) is 25.9. The van der Waals surface area contributed by atoms with Gasteiger partial charge in [0.05, 0.1) is 38.1 Å². The number of rotatable bonds is 6. The summed E-state index contributed by atoms with van der Waals surface area (Å²) in [6.07, 6.45) is 5.09. The number of aryl methyl sites for hydroxylation is 1. The number of sulfonamides is 1. The highest BCUT2D eigenvalue weighted by Gasteiger charge is 2.49. The number of hydrogen-bond donors (Lipinski definition) is 1. The van der Waals surface area contributed by atoms with Gasteiger partial charge in [0.25, 0.3) is 5.91 Å². The fourth-order valence-corrected chi connectivity index (χ4v) is 6.56.